The van der Waals surface area contributed by atoms with Crippen molar-refractivity contribution in [3.63, 3.8) is 0 Å². The van der Waals surface area contributed by atoms with Gasteiger partial charge in [0.25, 0.3) is 0 Å². The van der Waals surface area contributed by atoms with Gasteiger partial charge in [0.2, 0.25) is 28.5 Å². The molecular formula is C107H164N5+5. The number of hydrogen-bond acceptors (Lipinski definition) is 0. The summed E-state index contributed by atoms with van der Waals surface area (Å²) < 4.78 is 33.9. The third-order valence-corrected chi connectivity index (χ3v) is 24.7. The molecule has 0 unspecified atom stereocenters. The second-order valence-corrected chi connectivity index (χ2v) is 34.5. The average Bonchev–Trinajstić information content (AvgIpc) is 0.782. The SMILES string of the molecule is C.C.C.C.C.CCC(C)(CC)c1c[n+](C)c(-c2ccccc2C)cc1C.CCC(C)(CC)c1c[n+](C)c(-c2ccccc2C)cc1C.CCC(C)(CC)c1ccc(-c2ccc(C)cc2C)[n+](C)c1.Cc1ccc(-c2cc(C(C)(C)C)c(C(C)(C)C)c[n+]2C)c(C)c1.[2H]C([2H])([2H])c1ccc(-c2ccc(C(C)(CC)CC)c[n+]2C)c(C)c1. The molecule has 5 nitrogen and oxygen atoms in total. The van der Waals surface area contributed by atoms with Crippen molar-refractivity contribution < 1.29 is 26.9 Å². The third-order valence-electron chi connectivity index (χ3n) is 24.7. The molecule has 10 rings (SSSR count). The van der Waals surface area contributed by atoms with Gasteiger partial charge in [-0.05, 0) is 240 Å². The van der Waals surface area contributed by atoms with Crippen molar-refractivity contribution in [2.24, 2.45) is 35.2 Å². The Morgan fingerprint density at radius 2 is 0.518 bits per heavy atom. The van der Waals surface area contributed by atoms with Gasteiger partial charge >= 0.3 is 0 Å². The quantitative estimate of drug-likeness (QED) is 0.0810. The van der Waals surface area contributed by atoms with Gasteiger partial charge in [0, 0.05) is 90.1 Å². The second kappa shape index (κ2) is 42.8. The first kappa shape index (κ1) is 96.2. The van der Waals surface area contributed by atoms with Crippen LogP contribution in [0.4, 0.5) is 0 Å². The van der Waals surface area contributed by atoms with Gasteiger partial charge in [-0.2, -0.15) is 0 Å². The Labute approximate surface area is 694 Å². The molecule has 10 aromatic rings. The number of aryl methyl sites for hydroxylation is 15. The molecule has 0 saturated carbocycles. The van der Waals surface area contributed by atoms with Gasteiger partial charge in [-0.1, -0.05) is 251 Å². The number of aromatic nitrogens is 5. The largest absolute Gasteiger partial charge is 0.212 e. The average molecular weight is 1520 g/mol. The number of benzene rings is 5. The van der Waals surface area contributed by atoms with E-state index in [1.165, 1.54) is 161 Å². The highest BCUT2D eigenvalue weighted by Crippen LogP contribution is 2.39. The molecule has 0 spiro atoms. The van der Waals surface area contributed by atoms with Crippen LogP contribution in [0.3, 0.4) is 0 Å². The molecule has 0 atom stereocenters. The molecule has 5 aromatic heterocycles. The summed E-state index contributed by atoms with van der Waals surface area (Å²) >= 11 is 0. The van der Waals surface area contributed by atoms with Crippen LogP contribution in [0.5, 0.6) is 0 Å². The molecule has 0 radical (unpaired) electrons. The van der Waals surface area contributed by atoms with E-state index in [-0.39, 0.29) is 69.6 Å². The van der Waals surface area contributed by atoms with Crippen LogP contribution < -0.4 is 22.8 Å². The molecule has 0 N–H and O–H groups in total. The molecular weight excluding hydrogens is 1360 g/mol. The number of pyridine rings is 5. The van der Waals surface area contributed by atoms with Crippen LogP contribution in [0.25, 0.3) is 56.3 Å². The lowest BCUT2D eigenvalue weighted by Gasteiger charge is -2.29. The summed E-state index contributed by atoms with van der Waals surface area (Å²) in [6.07, 6.45) is 20.8. The molecule has 112 heavy (non-hydrogen) atoms. The molecule has 0 aliphatic carbocycles. The maximum atomic E-state index is 7.55. The van der Waals surface area contributed by atoms with Crippen LogP contribution in [0.1, 0.15) is 306 Å². The van der Waals surface area contributed by atoms with Gasteiger partial charge < -0.3 is 0 Å². The van der Waals surface area contributed by atoms with Crippen molar-refractivity contribution >= 4 is 0 Å². The zero-order chi connectivity index (χ0) is 82.6. The van der Waals surface area contributed by atoms with Gasteiger partial charge in [-0.25, -0.2) is 22.8 Å². The van der Waals surface area contributed by atoms with E-state index in [1.54, 1.807) is 12.1 Å². The summed E-state index contributed by atoms with van der Waals surface area (Å²) in [5.74, 6) is 0. The molecule has 5 aromatic carbocycles. The van der Waals surface area contributed by atoms with Crippen LogP contribution in [0, 0.1) is 69.2 Å². The van der Waals surface area contributed by atoms with Crippen molar-refractivity contribution in [2.75, 3.05) is 0 Å². The van der Waals surface area contributed by atoms with Gasteiger partial charge in [0.15, 0.2) is 31.0 Å². The van der Waals surface area contributed by atoms with E-state index in [2.05, 4.69) is 396 Å². The molecule has 0 saturated heterocycles. The van der Waals surface area contributed by atoms with Crippen LogP contribution in [0.15, 0.2) is 177 Å². The Hall–Kier alpha value is -8.15. The van der Waals surface area contributed by atoms with E-state index in [0.29, 0.717) is 5.56 Å². The van der Waals surface area contributed by atoms with E-state index < -0.39 is 6.85 Å². The first-order chi connectivity index (χ1) is 51.3. The third kappa shape index (κ3) is 24.2. The molecule has 5 heterocycles. The van der Waals surface area contributed by atoms with E-state index in [4.69, 9.17) is 4.11 Å². The number of rotatable bonds is 17. The molecule has 612 valence electrons. The fraction of sp³-hybridized carbons (Fsp3) is 0.486. The normalized spacial score (nSPS) is 11.9. The van der Waals surface area contributed by atoms with E-state index in [0.717, 1.165) is 29.7 Å². The number of hydrogen-bond donors (Lipinski definition) is 0. The van der Waals surface area contributed by atoms with Gasteiger partial charge in [0.05, 0.1) is 0 Å². The van der Waals surface area contributed by atoms with Crippen molar-refractivity contribution in [3.05, 3.63) is 266 Å². The van der Waals surface area contributed by atoms with Crippen molar-refractivity contribution in [3.8, 4) is 56.3 Å². The lowest BCUT2D eigenvalue weighted by atomic mass is 9.75. The first-order valence-electron chi connectivity index (χ1n) is 41.7. The standard InChI is InChI=1S/C22H32N.4C20H28N.5CH4/c1-15-10-11-17(16(2)12-15)20-13-18(21(3,4)5)19(14-23(20)9)22(6,7)8;2*1-7-20(5,8-2)17-10-12-19(21(6)14-17)18-11-9-15(3)13-16(18)4;2*1-7-20(5,8-2)18-14-21(6)19(13-16(18)4)17-12-10-9-11-15(17)3;;;;;/h10-14H,1-9H3;4*9-14H,7-8H2,1-6H3;5*1H4/q5*+1;;;;;/i;3D3;;;;;;;;. The van der Waals surface area contributed by atoms with Gasteiger partial charge in [-0.3, -0.25) is 0 Å². The van der Waals surface area contributed by atoms with E-state index in [9.17, 15) is 0 Å². The van der Waals surface area contributed by atoms with E-state index >= 15 is 0 Å². The van der Waals surface area contributed by atoms with Crippen molar-refractivity contribution in [1.29, 1.82) is 0 Å². The fourth-order valence-electron chi connectivity index (χ4n) is 15.4. The fourth-order valence-corrected chi connectivity index (χ4v) is 15.4. The monoisotopic (exact) mass is 1520 g/mol. The lowest BCUT2D eigenvalue weighted by Crippen LogP contribution is -2.36. The zero-order valence-corrected chi connectivity index (χ0v) is 73.1. The topological polar surface area (TPSA) is 19.4 Å². The van der Waals surface area contributed by atoms with Crippen LogP contribution in [-0.4, -0.2) is 0 Å². The smallest absolute Gasteiger partial charge is 0.201 e. The highest BCUT2D eigenvalue weighted by Gasteiger charge is 2.34. The highest BCUT2D eigenvalue weighted by atomic mass is 14.9. The zero-order valence-electron chi connectivity index (χ0n) is 76.1. The summed E-state index contributed by atoms with van der Waals surface area (Å²) in [7, 11) is 10.7. The molecule has 0 bridgehead atoms. The predicted molar refractivity (Wildman–Crippen MR) is 495 cm³/mol. The van der Waals surface area contributed by atoms with E-state index in [1.807, 2.05) is 13.0 Å². The minimum absolute atomic E-state index is 0. The molecule has 0 fully saturated rings. The Kier molecular flexibility index (Phi) is 36.8. The van der Waals surface area contributed by atoms with Crippen LogP contribution in [0.2, 0.25) is 0 Å². The maximum Gasteiger partial charge on any atom is 0.212 e. The molecule has 0 aliphatic rings. The first-order valence-corrected chi connectivity index (χ1v) is 40.2. The minimum atomic E-state index is -2.06. The molecule has 0 amide bonds. The van der Waals surface area contributed by atoms with Crippen molar-refractivity contribution in [2.45, 2.75) is 315 Å². The van der Waals surface area contributed by atoms with Crippen LogP contribution in [-0.2, 0) is 67.7 Å². The molecule has 0 aliphatic heterocycles. The second-order valence-electron chi connectivity index (χ2n) is 34.5. The van der Waals surface area contributed by atoms with Crippen molar-refractivity contribution in [1.82, 2.24) is 0 Å². The van der Waals surface area contributed by atoms with Crippen LogP contribution >= 0.6 is 0 Å². The Morgan fingerprint density at radius 1 is 0.250 bits per heavy atom. The Balaban J connectivity index is 0.000000712. The Morgan fingerprint density at radius 3 is 0.804 bits per heavy atom. The Bertz CT molecular complexity index is 4650. The summed E-state index contributed by atoms with van der Waals surface area (Å²) in [5, 5.41) is 0. The van der Waals surface area contributed by atoms with Gasteiger partial charge in [0.1, 0.15) is 35.2 Å². The summed E-state index contributed by atoms with van der Waals surface area (Å²) in [4.78, 5) is 0. The minimum Gasteiger partial charge on any atom is -0.201 e. The van der Waals surface area contributed by atoms with Gasteiger partial charge in [-0.15, -0.1) is 0 Å². The summed E-state index contributed by atoms with van der Waals surface area (Å²) in [5.41, 5.74) is 34.7. The molecule has 5 heteroatoms. The maximum absolute atomic E-state index is 7.55. The summed E-state index contributed by atoms with van der Waals surface area (Å²) in [6.45, 7) is 58.9. The predicted octanol–water partition coefficient (Wildman–Crippen LogP) is 28.1. The number of nitrogens with zero attached hydrogens (tertiary/aromatic N) is 5. The highest BCUT2D eigenvalue weighted by molar-refractivity contribution is 5.66. The summed E-state index contributed by atoms with van der Waals surface area (Å²) in [6, 6.07) is 52.1. The lowest BCUT2D eigenvalue weighted by molar-refractivity contribution is -0.661.